The van der Waals surface area contributed by atoms with Gasteiger partial charge in [-0.15, -0.1) is 0 Å². The second-order valence-electron chi connectivity index (χ2n) is 7.60. The number of H-pyrrole nitrogens is 1. The second kappa shape index (κ2) is 7.33. The van der Waals surface area contributed by atoms with Crippen LogP contribution in [0.1, 0.15) is 49.2 Å². The molecule has 28 heavy (non-hydrogen) atoms. The SMILES string of the molecule is O=C(C1CC(c2cccnc2)NN1)N1CCCCC1c1nc2ccccc2[nH]1. The summed E-state index contributed by atoms with van der Waals surface area (Å²) in [6, 6.07) is 11.9. The van der Waals surface area contributed by atoms with Gasteiger partial charge in [-0.2, -0.15) is 0 Å². The summed E-state index contributed by atoms with van der Waals surface area (Å²) in [5, 5.41) is 0. The number of nitrogens with one attached hydrogen (secondary N) is 3. The van der Waals surface area contributed by atoms with Gasteiger partial charge in [-0.25, -0.2) is 15.8 Å². The lowest BCUT2D eigenvalue weighted by Gasteiger charge is -2.36. The first-order valence-corrected chi connectivity index (χ1v) is 9.96. The molecule has 0 bridgehead atoms. The van der Waals surface area contributed by atoms with E-state index in [0.717, 1.165) is 48.2 Å². The van der Waals surface area contributed by atoms with Gasteiger partial charge in [0.15, 0.2) is 0 Å². The summed E-state index contributed by atoms with van der Waals surface area (Å²) in [6.45, 7) is 0.774. The lowest BCUT2D eigenvalue weighted by atomic mass is 9.98. The molecule has 0 radical (unpaired) electrons. The molecule has 2 aliphatic rings. The van der Waals surface area contributed by atoms with Crippen LogP contribution in [-0.2, 0) is 4.79 Å². The third-order valence-electron chi connectivity index (χ3n) is 5.80. The first-order valence-electron chi connectivity index (χ1n) is 9.96. The van der Waals surface area contributed by atoms with Crippen LogP contribution < -0.4 is 10.9 Å². The molecule has 1 amide bonds. The minimum Gasteiger partial charge on any atom is -0.340 e. The maximum Gasteiger partial charge on any atom is 0.241 e. The van der Waals surface area contributed by atoms with Crippen molar-refractivity contribution in [2.75, 3.05) is 6.54 Å². The number of hydrogen-bond acceptors (Lipinski definition) is 5. The summed E-state index contributed by atoms with van der Waals surface area (Å²) in [7, 11) is 0. The number of nitrogens with zero attached hydrogens (tertiary/aromatic N) is 3. The summed E-state index contributed by atoms with van der Waals surface area (Å²) < 4.78 is 0. The Bertz CT molecular complexity index is 938. The number of imidazole rings is 1. The topological polar surface area (TPSA) is 85.9 Å². The van der Waals surface area contributed by atoms with Crippen LogP contribution >= 0.6 is 0 Å². The molecule has 2 saturated heterocycles. The fourth-order valence-corrected chi connectivity index (χ4v) is 4.33. The van der Waals surface area contributed by atoms with Gasteiger partial charge in [-0.1, -0.05) is 18.2 Å². The second-order valence-corrected chi connectivity index (χ2v) is 7.60. The Morgan fingerprint density at radius 2 is 2.04 bits per heavy atom. The van der Waals surface area contributed by atoms with Gasteiger partial charge in [-0.05, 0) is 49.4 Å². The number of aromatic amines is 1. The first kappa shape index (κ1) is 17.3. The van der Waals surface area contributed by atoms with Crippen molar-refractivity contribution in [1.82, 2.24) is 30.7 Å². The minimum atomic E-state index is -0.241. The molecule has 3 unspecified atom stereocenters. The monoisotopic (exact) mass is 376 g/mol. The van der Waals surface area contributed by atoms with Crippen LogP contribution in [0.25, 0.3) is 11.0 Å². The van der Waals surface area contributed by atoms with Crippen molar-refractivity contribution in [1.29, 1.82) is 0 Å². The molecule has 5 rings (SSSR count). The van der Waals surface area contributed by atoms with Crippen molar-refractivity contribution in [2.24, 2.45) is 0 Å². The Hall–Kier alpha value is -2.77. The Kier molecular flexibility index (Phi) is 4.54. The lowest BCUT2D eigenvalue weighted by molar-refractivity contribution is -0.137. The highest BCUT2D eigenvalue weighted by molar-refractivity contribution is 5.83. The van der Waals surface area contributed by atoms with Gasteiger partial charge in [0.2, 0.25) is 5.91 Å². The lowest BCUT2D eigenvalue weighted by Crippen LogP contribution is -2.48. The predicted molar refractivity (Wildman–Crippen MR) is 106 cm³/mol. The van der Waals surface area contributed by atoms with Crippen molar-refractivity contribution >= 4 is 16.9 Å². The number of amides is 1. The highest BCUT2D eigenvalue weighted by Gasteiger charge is 2.37. The zero-order valence-electron chi connectivity index (χ0n) is 15.6. The number of pyridine rings is 1. The van der Waals surface area contributed by atoms with Gasteiger partial charge < -0.3 is 9.88 Å². The molecule has 144 valence electrons. The van der Waals surface area contributed by atoms with Crippen molar-refractivity contribution in [2.45, 2.75) is 43.8 Å². The molecular formula is C21H24N6O. The predicted octanol–water partition coefficient (Wildman–Crippen LogP) is 2.62. The van der Waals surface area contributed by atoms with Gasteiger partial charge in [0.05, 0.1) is 17.1 Å². The Labute approximate surface area is 163 Å². The minimum absolute atomic E-state index is 0.00731. The van der Waals surface area contributed by atoms with Crippen LogP contribution in [0.4, 0.5) is 0 Å². The molecule has 3 atom stereocenters. The summed E-state index contributed by atoms with van der Waals surface area (Å²) in [5.74, 6) is 1.04. The van der Waals surface area contributed by atoms with E-state index in [9.17, 15) is 4.79 Å². The van der Waals surface area contributed by atoms with Crippen LogP contribution in [0.15, 0.2) is 48.8 Å². The molecular weight excluding hydrogens is 352 g/mol. The summed E-state index contributed by atoms with van der Waals surface area (Å²) in [6.07, 6.45) is 7.42. The summed E-state index contributed by atoms with van der Waals surface area (Å²) in [4.78, 5) is 27.7. The number of carbonyl (C=O) groups excluding carboxylic acids is 1. The van der Waals surface area contributed by atoms with Gasteiger partial charge in [0.25, 0.3) is 0 Å². The van der Waals surface area contributed by atoms with Crippen LogP contribution in [-0.4, -0.2) is 38.3 Å². The number of rotatable bonds is 3. The van der Waals surface area contributed by atoms with E-state index in [2.05, 4.69) is 20.8 Å². The van der Waals surface area contributed by atoms with Crippen molar-refractivity contribution in [3.05, 3.63) is 60.2 Å². The average Bonchev–Trinajstić information content (AvgIpc) is 3.41. The number of carbonyl (C=O) groups is 1. The molecule has 0 saturated carbocycles. The van der Waals surface area contributed by atoms with Crippen LogP contribution in [0.5, 0.6) is 0 Å². The average molecular weight is 376 g/mol. The molecule has 4 heterocycles. The molecule has 2 fully saturated rings. The Morgan fingerprint density at radius 1 is 1.11 bits per heavy atom. The van der Waals surface area contributed by atoms with E-state index in [1.165, 1.54) is 0 Å². The highest BCUT2D eigenvalue weighted by atomic mass is 16.2. The van der Waals surface area contributed by atoms with Crippen molar-refractivity contribution in [3.8, 4) is 0 Å². The van der Waals surface area contributed by atoms with E-state index in [1.54, 1.807) is 6.20 Å². The maximum absolute atomic E-state index is 13.3. The van der Waals surface area contributed by atoms with Crippen LogP contribution in [0.3, 0.4) is 0 Å². The number of piperidine rings is 1. The molecule has 2 aliphatic heterocycles. The molecule has 3 aromatic rings. The zero-order valence-corrected chi connectivity index (χ0v) is 15.6. The molecule has 0 aliphatic carbocycles. The van der Waals surface area contributed by atoms with E-state index >= 15 is 0 Å². The molecule has 2 aromatic heterocycles. The third kappa shape index (κ3) is 3.16. The number of aromatic nitrogens is 3. The molecule has 1 aromatic carbocycles. The van der Waals surface area contributed by atoms with Crippen molar-refractivity contribution < 1.29 is 4.79 Å². The zero-order chi connectivity index (χ0) is 18.9. The van der Waals surface area contributed by atoms with Gasteiger partial charge in [-0.3, -0.25) is 9.78 Å². The highest BCUT2D eigenvalue weighted by Crippen LogP contribution is 2.32. The number of benzene rings is 1. The number of likely N-dealkylation sites (tertiary alicyclic amines) is 1. The Morgan fingerprint density at radius 3 is 2.89 bits per heavy atom. The maximum atomic E-state index is 13.3. The largest absolute Gasteiger partial charge is 0.340 e. The van der Waals surface area contributed by atoms with Gasteiger partial charge in [0.1, 0.15) is 11.9 Å². The van der Waals surface area contributed by atoms with Gasteiger partial charge in [0, 0.05) is 25.0 Å². The van der Waals surface area contributed by atoms with E-state index in [4.69, 9.17) is 4.98 Å². The van der Waals surface area contributed by atoms with E-state index in [0.29, 0.717) is 6.42 Å². The molecule has 7 nitrogen and oxygen atoms in total. The van der Waals surface area contributed by atoms with E-state index in [1.807, 2.05) is 47.5 Å². The quantitative estimate of drug-likeness (QED) is 0.654. The fourth-order valence-electron chi connectivity index (χ4n) is 4.33. The van der Waals surface area contributed by atoms with Crippen LogP contribution in [0, 0.1) is 0 Å². The Balaban J connectivity index is 1.35. The number of hydrazine groups is 1. The number of fused-ring (bicyclic) bond motifs is 1. The first-order chi connectivity index (χ1) is 13.8. The smallest absolute Gasteiger partial charge is 0.241 e. The molecule has 0 spiro atoms. The fraction of sp³-hybridized carbons (Fsp3) is 0.381. The molecule has 3 N–H and O–H groups in total. The van der Waals surface area contributed by atoms with E-state index in [-0.39, 0.29) is 24.0 Å². The summed E-state index contributed by atoms with van der Waals surface area (Å²) in [5.41, 5.74) is 9.53. The summed E-state index contributed by atoms with van der Waals surface area (Å²) >= 11 is 0. The van der Waals surface area contributed by atoms with Crippen molar-refractivity contribution in [3.63, 3.8) is 0 Å². The third-order valence-corrected chi connectivity index (χ3v) is 5.80. The number of hydrogen-bond donors (Lipinski definition) is 3. The standard InChI is InChI=1S/C21H24N6O/c28-21(18-12-17(25-26-18)14-6-5-10-22-13-14)27-11-4-3-9-19(27)20-23-15-7-1-2-8-16(15)24-20/h1-2,5-8,10,13,17-19,25-26H,3-4,9,11-12H2,(H,23,24). The normalized spacial score (nSPS) is 25.3. The molecule has 7 heteroatoms. The van der Waals surface area contributed by atoms with Gasteiger partial charge >= 0.3 is 0 Å². The number of para-hydroxylation sites is 2. The van der Waals surface area contributed by atoms with E-state index < -0.39 is 0 Å². The van der Waals surface area contributed by atoms with Crippen LogP contribution in [0.2, 0.25) is 0 Å².